The van der Waals surface area contributed by atoms with Gasteiger partial charge in [-0.3, -0.25) is 4.99 Å². The SMILES string of the molecule is CN=C(NCc1ccc(C)cc1)NCc1cc(Cl)c2c(c1)OCCO2. The van der Waals surface area contributed by atoms with Gasteiger partial charge in [0.2, 0.25) is 0 Å². The molecule has 0 unspecified atom stereocenters. The summed E-state index contributed by atoms with van der Waals surface area (Å²) >= 11 is 6.27. The van der Waals surface area contributed by atoms with Crippen molar-refractivity contribution in [1.82, 2.24) is 10.6 Å². The Kier molecular flexibility index (Phi) is 5.66. The molecule has 0 radical (unpaired) electrons. The summed E-state index contributed by atoms with van der Waals surface area (Å²) in [7, 11) is 1.75. The first-order valence-electron chi connectivity index (χ1n) is 8.24. The summed E-state index contributed by atoms with van der Waals surface area (Å²) in [5.41, 5.74) is 3.46. The van der Waals surface area contributed by atoms with Crippen molar-refractivity contribution < 1.29 is 9.47 Å². The molecule has 1 aliphatic rings. The van der Waals surface area contributed by atoms with Crippen LogP contribution in [0.4, 0.5) is 0 Å². The summed E-state index contributed by atoms with van der Waals surface area (Å²) in [6.45, 7) is 4.45. The van der Waals surface area contributed by atoms with Crippen molar-refractivity contribution in [2.24, 2.45) is 4.99 Å². The van der Waals surface area contributed by atoms with Gasteiger partial charge in [-0.1, -0.05) is 41.4 Å². The van der Waals surface area contributed by atoms with Crippen LogP contribution < -0.4 is 20.1 Å². The van der Waals surface area contributed by atoms with Crippen LogP contribution in [-0.2, 0) is 13.1 Å². The molecule has 0 amide bonds. The molecule has 1 aliphatic heterocycles. The van der Waals surface area contributed by atoms with Crippen LogP contribution in [0.15, 0.2) is 41.4 Å². The Labute approximate surface area is 153 Å². The number of benzene rings is 2. The van der Waals surface area contributed by atoms with E-state index in [1.54, 1.807) is 7.05 Å². The number of hydrogen-bond acceptors (Lipinski definition) is 3. The van der Waals surface area contributed by atoms with Gasteiger partial charge in [-0.2, -0.15) is 0 Å². The predicted octanol–water partition coefficient (Wildman–Crippen LogP) is 3.28. The molecule has 0 atom stereocenters. The van der Waals surface area contributed by atoms with Crippen molar-refractivity contribution in [3.05, 3.63) is 58.1 Å². The van der Waals surface area contributed by atoms with Gasteiger partial charge in [0.15, 0.2) is 17.5 Å². The highest BCUT2D eigenvalue weighted by molar-refractivity contribution is 6.32. The Morgan fingerprint density at radius 1 is 1.04 bits per heavy atom. The van der Waals surface area contributed by atoms with E-state index < -0.39 is 0 Å². The summed E-state index contributed by atoms with van der Waals surface area (Å²) in [6, 6.07) is 12.2. The summed E-state index contributed by atoms with van der Waals surface area (Å²) in [6.07, 6.45) is 0. The summed E-state index contributed by atoms with van der Waals surface area (Å²) in [4.78, 5) is 4.25. The molecular weight excluding hydrogens is 338 g/mol. The zero-order valence-electron chi connectivity index (χ0n) is 14.4. The number of halogens is 1. The fourth-order valence-corrected chi connectivity index (χ4v) is 2.85. The highest BCUT2D eigenvalue weighted by atomic mass is 35.5. The van der Waals surface area contributed by atoms with E-state index >= 15 is 0 Å². The normalized spacial score (nSPS) is 13.5. The predicted molar refractivity (Wildman–Crippen MR) is 101 cm³/mol. The second-order valence-corrected chi connectivity index (χ2v) is 6.27. The average Bonchev–Trinajstić information content (AvgIpc) is 2.63. The number of ether oxygens (including phenoxy) is 2. The maximum Gasteiger partial charge on any atom is 0.191 e. The van der Waals surface area contributed by atoms with Gasteiger partial charge in [-0.05, 0) is 30.2 Å². The zero-order valence-corrected chi connectivity index (χ0v) is 15.2. The van der Waals surface area contributed by atoms with Gasteiger partial charge in [-0.25, -0.2) is 0 Å². The van der Waals surface area contributed by atoms with Crippen molar-refractivity contribution >= 4 is 17.6 Å². The Hall–Kier alpha value is -2.40. The number of fused-ring (bicyclic) bond motifs is 1. The van der Waals surface area contributed by atoms with Crippen LogP contribution in [0, 0.1) is 6.92 Å². The maximum absolute atomic E-state index is 6.27. The molecule has 0 fully saturated rings. The lowest BCUT2D eigenvalue weighted by atomic mass is 10.1. The van der Waals surface area contributed by atoms with Crippen LogP contribution in [0.25, 0.3) is 0 Å². The molecule has 0 saturated carbocycles. The van der Waals surface area contributed by atoms with E-state index in [0.29, 0.717) is 42.8 Å². The third-order valence-corrected chi connectivity index (χ3v) is 4.20. The number of aliphatic imine (C=N–C) groups is 1. The molecule has 3 rings (SSSR count). The van der Waals surface area contributed by atoms with Crippen molar-refractivity contribution in [2.75, 3.05) is 20.3 Å². The van der Waals surface area contributed by atoms with Gasteiger partial charge in [0.1, 0.15) is 13.2 Å². The molecule has 132 valence electrons. The second kappa shape index (κ2) is 8.12. The van der Waals surface area contributed by atoms with E-state index in [1.165, 1.54) is 11.1 Å². The van der Waals surface area contributed by atoms with Crippen LogP contribution in [0.3, 0.4) is 0 Å². The zero-order chi connectivity index (χ0) is 17.6. The molecule has 2 N–H and O–H groups in total. The Balaban J connectivity index is 1.58. The number of rotatable bonds is 4. The molecule has 0 bridgehead atoms. The standard InChI is InChI=1S/C19H22ClN3O2/c1-13-3-5-14(6-4-13)11-22-19(21-2)23-12-15-9-16(20)18-17(10-15)24-7-8-25-18/h3-6,9-10H,7-8,11-12H2,1-2H3,(H2,21,22,23). The van der Waals surface area contributed by atoms with Crippen molar-refractivity contribution in [3.8, 4) is 11.5 Å². The first-order chi connectivity index (χ1) is 12.2. The van der Waals surface area contributed by atoms with Crippen LogP contribution in [-0.4, -0.2) is 26.2 Å². The largest absolute Gasteiger partial charge is 0.486 e. The third-order valence-electron chi connectivity index (χ3n) is 3.92. The Bertz CT molecular complexity index is 760. The van der Waals surface area contributed by atoms with Crippen LogP contribution in [0.1, 0.15) is 16.7 Å². The minimum Gasteiger partial charge on any atom is -0.486 e. The number of guanidine groups is 1. The smallest absolute Gasteiger partial charge is 0.191 e. The summed E-state index contributed by atoms with van der Waals surface area (Å²) < 4.78 is 11.1. The van der Waals surface area contributed by atoms with E-state index in [1.807, 2.05) is 12.1 Å². The molecule has 2 aromatic carbocycles. The molecule has 0 aromatic heterocycles. The number of nitrogens with zero attached hydrogens (tertiary/aromatic N) is 1. The minimum absolute atomic E-state index is 0.528. The molecule has 2 aromatic rings. The van der Waals surface area contributed by atoms with Gasteiger partial charge in [0, 0.05) is 20.1 Å². The van der Waals surface area contributed by atoms with Crippen molar-refractivity contribution in [1.29, 1.82) is 0 Å². The van der Waals surface area contributed by atoms with Gasteiger partial charge in [0.05, 0.1) is 5.02 Å². The Morgan fingerprint density at radius 2 is 1.72 bits per heavy atom. The molecule has 5 nitrogen and oxygen atoms in total. The fourth-order valence-electron chi connectivity index (χ4n) is 2.56. The van der Waals surface area contributed by atoms with Crippen molar-refractivity contribution in [2.45, 2.75) is 20.0 Å². The number of hydrogen-bond donors (Lipinski definition) is 2. The van der Waals surface area contributed by atoms with Gasteiger partial charge in [-0.15, -0.1) is 0 Å². The van der Waals surface area contributed by atoms with E-state index in [2.05, 4.69) is 46.8 Å². The van der Waals surface area contributed by atoms with E-state index in [-0.39, 0.29) is 0 Å². The Morgan fingerprint density at radius 3 is 2.44 bits per heavy atom. The second-order valence-electron chi connectivity index (χ2n) is 5.87. The molecule has 0 spiro atoms. The highest BCUT2D eigenvalue weighted by Crippen LogP contribution is 2.38. The average molecular weight is 360 g/mol. The van der Waals surface area contributed by atoms with Crippen LogP contribution in [0.5, 0.6) is 11.5 Å². The first-order valence-corrected chi connectivity index (χ1v) is 8.61. The topological polar surface area (TPSA) is 54.9 Å². The first kappa shape index (κ1) is 17.4. The third kappa shape index (κ3) is 4.57. The highest BCUT2D eigenvalue weighted by Gasteiger charge is 2.16. The molecule has 0 aliphatic carbocycles. The number of aryl methyl sites for hydroxylation is 1. The minimum atomic E-state index is 0.528. The van der Waals surface area contributed by atoms with Crippen molar-refractivity contribution in [3.63, 3.8) is 0 Å². The van der Waals surface area contributed by atoms with E-state index in [4.69, 9.17) is 21.1 Å². The number of nitrogens with one attached hydrogen (secondary N) is 2. The maximum atomic E-state index is 6.27. The van der Waals surface area contributed by atoms with Crippen LogP contribution >= 0.6 is 11.6 Å². The van der Waals surface area contributed by atoms with Gasteiger partial charge in [0.25, 0.3) is 0 Å². The lowest BCUT2D eigenvalue weighted by molar-refractivity contribution is 0.171. The van der Waals surface area contributed by atoms with E-state index in [0.717, 1.165) is 11.5 Å². The lowest BCUT2D eigenvalue weighted by Gasteiger charge is -2.20. The molecule has 0 saturated heterocycles. The van der Waals surface area contributed by atoms with Gasteiger partial charge < -0.3 is 20.1 Å². The van der Waals surface area contributed by atoms with Crippen LogP contribution in [0.2, 0.25) is 5.02 Å². The molecule has 25 heavy (non-hydrogen) atoms. The monoisotopic (exact) mass is 359 g/mol. The van der Waals surface area contributed by atoms with E-state index in [9.17, 15) is 0 Å². The lowest BCUT2D eigenvalue weighted by Crippen LogP contribution is -2.36. The van der Waals surface area contributed by atoms with Gasteiger partial charge >= 0.3 is 0 Å². The molecular formula is C19H22ClN3O2. The summed E-state index contributed by atoms with van der Waals surface area (Å²) in [5, 5.41) is 7.15. The fraction of sp³-hybridized carbons (Fsp3) is 0.316. The quantitative estimate of drug-likeness (QED) is 0.649. The summed E-state index contributed by atoms with van der Waals surface area (Å²) in [5.74, 6) is 2.04. The molecule has 1 heterocycles. The molecule has 6 heteroatoms.